The van der Waals surface area contributed by atoms with E-state index in [-0.39, 0.29) is 17.3 Å². The van der Waals surface area contributed by atoms with Gasteiger partial charge in [0.2, 0.25) is 5.95 Å². The summed E-state index contributed by atoms with van der Waals surface area (Å²) in [7, 11) is 0. The van der Waals surface area contributed by atoms with Crippen LogP contribution in [0.15, 0.2) is 35.1 Å². The van der Waals surface area contributed by atoms with Crippen LogP contribution in [0.3, 0.4) is 0 Å². The Labute approximate surface area is 105 Å². The number of hydrogen-bond donors (Lipinski definition) is 3. The molecule has 2 rings (SSSR count). The molecule has 5 heteroatoms. The summed E-state index contributed by atoms with van der Waals surface area (Å²) in [5.74, 6) is 0.673. The van der Waals surface area contributed by atoms with E-state index in [9.17, 15) is 4.79 Å². The van der Waals surface area contributed by atoms with Gasteiger partial charge in [0.15, 0.2) is 0 Å². The van der Waals surface area contributed by atoms with Crippen molar-refractivity contribution in [1.82, 2.24) is 9.97 Å². The number of rotatable bonds is 3. The maximum absolute atomic E-state index is 11.9. The first-order valence-corrected chi connectivity index (χ1v) is 5.79. The Balaban J connectivity index is 2.35. The Morgan fingerprint density at radius 3 is 2.50 bits per heavy atom. The topological polar surface area (TPSA) is 83.8 Å². The van der Waals surface area contributed by atoms with Crippen LogP contribution in [0.1, 0.15) is 25.3 Å². The molecule has 4 N–H and O–H groups in total. The molecule has 18 heavy (non-hydrogen) atoms. The maximum atomic E-state index is 11.9. The van der Waals surface area contributed by atoms with Crippen LogP contribution in [0.5, 0.6) is 0 Å². The van der Waals surface area contributed by atoms with Crippen LogP contribution < -0.4 is 16.6 Å². The van der Waals surface area contributed by atoms with E-state index in [1.807, 2.05) is 44.2 Å². The zero-order valence-corrected chi connectivity index (χ0v) is 10.4. The molecule has 0 fully saturated rings. The zero-order chi connectivity index (χ0) is 13.1. The number of nitrogens with zero attached hydrogens (tertiary/aromatic N) is 1. The fraction of sp³-hybridized carbons (Fsp3) is 0.231. The number of hydrogen-bond acceptors (Lipinski definition) is 4. The lowest BCUT2D eigenvalue weighted by Crippen LogP contribution is -2.20. The number of benzene rings is 1. The van der Waals surface area contributed by atoms with E-state index in [2.05, 4.69) is 15.3 Å². The molecule has 1 aromatic heterocycles. The second-order valence-corrected chi connectivity index (χ2v) is 4.36. The number of nitrogen functional groups attached to an aromatic ring is 1. The number of para-hydroxylation sites is 1. The molecule has 0 saturated carbocycles. The number of H-pyrrole nitrogens is 1. The van der Waals surface area contributed by atoms with Crippen LogP contribution in [0.4, 0.5) is 17.5 Å². The van der Waals surface area contributed by atoms with Crippen molar-refractivity contribution in [2.75, 3.05) is 11.1 Å². The summed E-state index contributed by atoms with van der Waals surface area (Å²) in [5, 5.41) is 3.01. The van der Waals surface area contributed by atoms with Gasteiger partial charge in [-0.05, 0) is 18.1 Å². The van der Waals surface area contributed by atoms with Crippen molar-refractivity contribution in [2.24, 2.45) is 0 Å². The fourth-order valence-corrected chi connectivity index (χ4v) is 1.78. The predicted octanol–water partition coefficient (Wildman–Crippen LogP) is 2.22. The standard InChI is InChI=1S/C13H16N4O/c1-8(2)10-11(14)16-13(17-12(10)18)15-9-6-4-3-5-7-9/h3-8H,1-2H3,(H4,14,15,16,17,18). The van der Waals surface area contributed by atoms with Gasteiger partial charge in [-0.15, -0.1) is 0 Å². The predicted molar refractivity (Wildman–Crippen MR) is 73.1 cm³/mol. The van der Waals surface area contributed by atoms with Gasteiger partial charge in [-0.1, -0.05) is 32.0 Å². The Kier molecular flexibility index (Phi) is 3.32. The first kappa shape index (κ1) is 12.2. The third-order valence-electron chi connectivity index (χ3n) is 2.60. The summed E-state index contributed by atoms with van der Waals surface area (Å²) in [6.07, 6.45) is 0. The van der Waals surface area contributed by atoms with Crippen LogP contribution >= 0.6 is 0 Å². The highest BCUT2D eigenvalue weighted by atomic mass is 16.1. The maximum Gasteiger partial charge on any atom is 0.257 e. The first-order valence-electron chi connectivity index (χ1n) is 5.79. The minimum absolute atomic E-state index is 0.0482. The molecule has 1 heterocycles. The minimum atomic E-state index is -0.198. The molecule has 0 aliphatic rings. The molecule has 0 saturated heterocycles. The Morgan fingerprint density at radius 2 is 1.94 bits per heavy atom. The number of nitrogens with one attached hydrogen (secondary N) is 2. The van der Waals surface area contributed by atoms with Crippen molar-refractivity contribution in [2.45, 2.75) is 19.8 Å². The molecule has 0 unspecified atom stereocenters. The van der Waals surface area contributed by atoms with Gasteiger partial charge in [0.05, 0.1) is 5.56 Å². The summed E-state index contributed by atoms with van der Waals surface area (Å²) >= 11 is 0. The number of nitrogens with two attached hydrogens (primary N) is 1. The lowest BCUT2D eigenvalue weighted by atomic mass is 10.1. The smallest absolute Gasteiger partial charge is 0.257 e. The number of anilines is 3. The van der Waals surface area contributed by atoms with Crippen LogP contribution in [-0.4, -0.2) is 9.97 Å². The van der Waals surface area contributed by atoms with Crippen molar-refractivity contribution in [3.8, 4) is 0 Å². The fourth-order valence-electron chi connectivity index (χ4n) is 1.78. The normalized spacial score (nSPS) is 10.6. The molecule has 0 spiro atoms. The number of aromatic nitrogens is 2. The van der Waals surface area contributed by atoms with Gasteiger partial charge in [0, 0.05) is 5.69 Å². The summed E-state index contributed by atoms with van der Waals surface area (Å²) in [4.78, 5) is 18.7. The van der Waals surface area contributed by atoms with Gasteiger partial charge in [0.25, 0.3) is 5.56 Å². The van der Waals surface area contributed by atoms with Gasteiger partial charge in [-0.3, -0.25) is 9.78 Å². The SMILES string of the molecule is CC(C)c1c(N)nc(Nc2ccccc2)[nH]c1=O. The van der Waals surface area contributed by atoms with Gasteiger partial charge < -0.3 is 11.1 Å². The second-order valence-electron chi connectivity index (χ2n) is 4.36. The van der Waals surface area contributed by atoms with Gasteiger partial charge in [0.1, 0.15) is 5.82 Å². The van der Waals surface area contributed by atoms with Crippen molar-refractivity contribution in [1.29, 1.82) is 0 Å². The van der Waals surface area contributed by atoms with E-state index in [1.54, 1.807) is 0 Å². The molecular formula is C13H16N4O. The Bertz CT molecular complexity index is 590. The van der Waals surface area contributed by atoms with E-state index >= 15 is 0 Å². The largest absolute Gasteiger partial charge is 0.383 e. The molecule has 0 aliphatic heterocycles. The number of aromatic amines is 1. The Morgan fingerprint density at radius 1 is 1.28 bits per heavy atom. The molecule has 1 aromatic carbocycles. The Hall–Kier alpha value is -2.30. The molecule has 5 nitrogen and oxygen atoms in total. The zero-order valence-electron chi connectivity index (χ0n) is 10.4. The van der Waals surface area contributed by atoms with E-state index in [0.717, 1.165) is 5.69 Å². The monoisotopic (exact) mass is 244 g/mol. The van der Waals surface area contributed by atoms with E-state index in [0.29, 0.717) is 11.5 Å². The average Bonchev–Trinajstić information content (AvgIpc) is 2.28. The molecule has 0 bridgehead atoms. The van der Waals surface area contributed by atoms with Crippen molar-refractivity contribution < 1.29 is 0 Å². The highest BCUT2D eigenvalue weighted by molar-refractivity contribution is 5.55. The summed E-state index contributed by atoms with van der Waals surface area (Å²) < 4.78 is 0. The van der Waals surface area contributed by atoms with Crippen molar-refractivity contribution in [3.63, 3.8) is 0 Å². The molecule has 0 aliphatic carbocycles. The summed E-state index contributed by atoms with van der Waals surface area (Å²) in [6.45, 7) is 3.82. The van der Waals surface area contributed by atoms with E-state index in [4.69, 9.17) is 5.73 Å². The molecular weight excluding hydrogens is 228 g/mol. The molecule has 2 aromatic rings. The highest BCUT2D eigenvalue weighted by Gasteiger charge is 2.12. The van der Waals surface area contributed by atoms with Crippen LogP contribution in [0.2, 0.25) is 0 Å². The van der Waals surface area contributed by atoms with Gasteiger partial charge in [-0.2, -0.15) is 4.98 Å². The lowest BCUT2D eigenvalue weighted by Gasteiger charge is -2.10. The van der Waals surface area contributed by atoms with E-state index in [1.165, 1.54) is 0 Å². The minimum Gasteiger partial charge on any atom is -0.383 e. The van der Waals surface area contributed by atoms with Crippen molar-refractivity contribution in [3.05, 3.63) is 46.2 Å². The molecule has 94 valence electrons. The second kappa shape index (κ2) is 4.91. The summed E-state index contributed by atoms with van der Waals surface area (Å²) in [6, 6.07) is 9.47. The van der Waals surface area contributed by atoms with Crippen LogP contribution in [-0.2, 0) is 0 Å². The average molecular weight is 244 g/mol. The van der Waals surface area contributed by atoms with E-state index < -0.39 is 0 Å². The molecule has 0 radical (unpaired) electrons. The summed E-state index contributed by atoms with van der Waals surface area (Å²) in [5.41, 5.74) is 6.97. The lowest BCUT2D eigenvalue weighted by molar-refractivity contribution is 0.837. The van der Waals surface area contributed by atoms with Crippen LogP contribution in [0, 0.1) is 0 Å². The third-order valence-corrected chi connectivity index (χ3v) is 2.60. The third kappa shape index (κ3) is 2.51. The molecule has 0 amide bonds. The highest BCUT2D eigenvalue weighted by Crippen LogP contribution is 2.17. The quantitative estimate of drug-likeness (QED) is 0.773. The van der Waals surface area contributed by atoms with Crippen molar-refractivity contribution >= 4 is 17.5 Å². The van der Waals surface area contributed by atoms with Gasteiger partial charge >= 0.3 is 0 Å². The molecule has 0 atom stereocenters. The van der Waals surface area contributed by atoms with Crippen LogP contribution in [0.25, 0.3) is 0 Å². The van der Waals surface area contributed by atoms with Gasteiger partial charge in [-0.25, -0.2) is 0 Å². The first-order chi connectivity index (χ1) is 8.58.